The summed E-state index contributed by atoms with van der Waals surface area (Å²) >= 11 is 1.98. The van der Waals surface area contributed by atoms with E-state index in [9.17, 15) is 4.79 Å². The summed E-state index contributed by atoms with van der Waals surface area (Å²) in [7, 11) is 0. The number of aromatic carboxylic acids is 1. The second kappa shape index (κ2) is 9.73. The van der Waals surface area contributed by atoms with E-state index in [0.717, 1.165) is 17.9 Å². The van der Waals surface area contributed by atoms with Crippen LogP contribution in [-0.2, 0) is 0 Å². The summed E-state index contributed by atoms with van der Waals surface area (Å²) in [6.45, 7) is 2.90. The van der Waals surface area contributed by atoms with Gasteiger partial charge < -0.3 is 9.84 Å². The van der Waals surface area contributed by atoms with Crippen LogP contribution in [-0.4, -0.2) is 29.2 Å². The van der Waals surface area contributed by atoms with Crippen LogP contribution in [0.5, 0.6) is 5.75 Å². The molecule has 1 aromatic carbocycles. The molecule has 0 amide bonds. The first-order valence-corrected chi connectivity index (χ1v) is 7.93. The lowest BCUT2D eigenvalue weighted by Crippen LogP contribution is -2.00. The SMILES string of the molecule is CCCCCSCCCOc1ccc(C(=O)O)cc1. The van der Waals surface area contributed by atoms with Crippen LogP contribution in [0.1, 0.15) is 43.0 Å². The molecule has 0 heterocycles. The average Bonchev–Trinajstić information content (AvgIpc) is 2.42. The third-order valence-corrected chi connectivity index (χ3v) is 3.85. The van der Waals surface area contributed by atoms with Crippen LogP contribution in [0.4, 0.5) is 0 Å². The fourth-order valence-electron chi connectivity index (χ4n) is 1.60. The fraction of sp³-hybridized carbons (Fsp3) is 0.533. The second-order valence-corrected chi connectivity index (χ2v) is 5.58. The highest BCUT2D eigenvalue weighted by atomic mass is 32.2. The molecule has 0 radical (unpaired) electrons. The molecule has 0 aromatic heterocycles. The third-order valence-electron chi connectivity index (χ3n) is 2.70. The number of unbranched alkanes of at least 4 members (excludes halogenated alkanes) is 2. The van der Waals surface area contributed by atoms with Crippen molar-refractivity contribution in [1.29, 1.82) is 0 Å². The number of rotatable bonds is 10. The Bertz CT molecular complexity index is 362. The van der Waals surface area contributed by atoms with E-state index in [-0.39, 0.29) is 0 Å². The molecule has 0 saturated carbocycles. The van der Waals surface area contributed by atoms with Crippen molar-refractivity contribution in [3.63, 3.8) is 0 Å². The van der Waals surface area contributed by atoms with Crippen LogP contribution < -0.4 is 4.74 Å². The summed E-state index contributed by atoms with van der Waals surface area (Å²) in [5, 5.41) is 8.77. The minimum atomic E-state index is -0.907. The molecule has 0 aliphatic rings. The number of ether oxygens (including phenoxy) is 1. The van der Waals surface area contributed by atoms with E-state index in [1.165, 1.54) is 25.0 Å². The third kappa shape index (κ3) is 7.11. The Morgan fingerprint density at radius 1 is 1.16 bits per heavy atom. The number of thioether (sulfide) groups is 1. The molecule has 0 atom stereocenters. The summed E-state index contributed by atoms with van der Waals surface area (Å²) < 4.78 is 5.56. The molecule has 0 aliphatic carbocycles. The van der Waals surface area contributed by atoms with Gasteiger partial charge >= 0.3 is 5.97 Å². The minimum absolute atomic E-state index is 0.291. The van der Waals surface area contributed by atoms with Crippen molar-refractivity contribution < 1.29 is 14.6 Å². The predicted molar refractivity (Wildman–Crippen MR) is 80.4 cm³/mol. The first-order chi connectivity index (χ1) is 9.24. The van der Waals surface area contributed by atoms with Gasteiger partial charge in [0, 0.05) is 0 Å². The van der Waals surface area contributed by atoms with Crippen molar-refractivity contribution in [2.45, 2.75) is 32.6 Å². The molecule has 1 aromatic rings. The fourth-order valence-corrected chi connectivity index (χ4v) is 2.54. The molecule has 0 saturated heterocycles. The first kappa shape index (κ1) is 15.9. The van der Waals surface area contributed by atoms with Gasteiger partial charge in [-0.25, -0.2) is 4.79 Å². The maximum Gasteiger partial charge on any atom is 0.335 e. The molecule has 3 nitrogen and oxygen atoms in total. The van der Waals surface area contributed by atoms with Crippen molar-refractivity contribution in [3.8, 4) is 5.75 Å². The van der Waals surface area contributed by atoms with E-state index in [0.29, 0.717) is 12.2 Å². The van der Waals surface area contributed by atoms with Crippen LogP contribution in [0.2, 0.25) is 0 Å². The summed E-state index contributed by atoms with van der Waals surface area (Å²) in [6, 6.07) is 6.55. The van der Waals surface area contributed by atoms with Gasteiger partial charge in [-0.15, -0.1) is 0 Å². The van der Waals surface area contributed by atoms with E-state index in [4.69, 9.17) is 9.84 Å². The number of hydrogen-bond acceptors (Lipinski definition) is 3. The Labute approximate surface area is 119 Å². The van der Waals surface area contributed by atoms with Gasteiger partial charge in [0.25, 0.3) is 0 Å². The Hall–Kier alpha value is -1.16. The average molecular weight is 282 g/mol. The zero-order valence-corrected chi connectivity index (χ0v) is 12.2. The zero-order chi connectivity index (χ0) is 13.9. The van der Waals surface area contributed by atoms with E-state index >= 15 is 0 Å². The van der Waals surface area contributed by atoms with Gasteiger partial charge in [0.1, 0.15) is 5.75 Å². The molecule has 1 N–H and O–H groups in total. The molecule has 0 unspecified atom stereocenters. The Morgan fingerprint density at radius 2 is 1.84 bits per heavy atom. The normalized spacial score (nSPS) is 10.4. The topological polar surface area (TPSA) is 46.5 Å². The van der Waals surface area contributed by atoms with Gasteiger partial charge in [-0.2, -0.15) is 11.8 Å². The van der Waals surface area contributed by atoms with Gasteiger partial charge in [0.05, 0.1) is 12.2 Å². The Morgan fingerprint density at radius 3 is 2.47 bits per heavy atom. The number of carboxylic acid groups (broad SMARTS) is 1. The zero-order valence-electron chi connectivity index (χ0n) is 11.4. The van der Waals surface area contributed by atoms with Crippen LogP contribution in [0.15, 0.2) is 24.3 Å². The molecule has 0 aliphatic heterocycles. The van der Waals surface area contributed by atoms with Crippen LogP contribution in [0.3, 0.4) is 0 Å². The summed E-state index contributed by atoms with van der Waals surface area (Å²) in [5.41, 5.74) is 0.291. The Kier molecular flexibility index (Phi) is 8.14. The van der Waals surface area contributed by atoms with Crippen molar-refractivity contribution in [2.75, 3.05) is 18.1 Å². The molecule has 4 heteroatoms. The molecule has 106 valence electrons. The maximum absolute atomic E-state index is 10.7. The predicted octanol–water partition coefficient (Wildman–Crippen LogP) is 4.08. The van der Waals surface area contributed by atoms with Gasteiger partial charge in [-0.1, -0.05) is 19.8 Å². The largest absolute Gasteiger partial charge is 0.494 e. The van der Waals surface area contributed by atoms with Gasteiger partial charge in [0.2, 0.25) is 0 Å². The van der Waals surface area contributed by atoms with Crippen molar-refractivity contribution in [2.24, 2.45) is 0 Å². The summed E-state index contributed by atoms with van der Waals surface area (Å²) in [6.07, 6.45) is 4.92. The molecule has 0 bridgehead atoms. The van der Waals surface area contributed by atoms with Gasteiger partial charge in [-0.05, 0) is 48.6 Å². The summed E-state index contributed by atoms with van der Waals surface area (Å²) in [4.78, 5) is 10.7. The highest BCUT2D eigenvalue weighted by Gasteiger charge is 2.01. The molecule has 1 rings (SSSR count). The number of benzene rings is 1. The van der Waals surface area contributed by atoms with E-state index in [2.05, 4.69) is 6.92 Å². The van der Waals surface area contributed by atoms with Crippen molar-refractivity contribution in [3.05, 3.63) is 29.8 Å². The van der Waals surface area contributed by atoms with E-state index in [1.54, 1.807) is 24.3 Å². The molecule has 0 spiro atoms. The second-order valence-electron chi connectivity index (χ2n) is 4.35. The summed E-state index contributed by atoms with van der Waals surface area (Å²) in [5.74, 6) is 2.19. The van der Waals surface area contributed by atoms with Crippen molar-refractivity contribution in [1.82, 2.24) is 0 Å². The lowest BCUT2D eigenvalue weighted by molar-refractivity contribution is 0.0697. The number of carbonyl (C=O) groups is 1. The van der Waals surface area contributed by atoms with Gasteiger partial charge in [0.15, 0.2) is 0 Å². The van der Waals surface area contributed by atoms with Crippen molar-refractivity contribution >= 4 is 17.7 Å². The van der Waals surface area contributed by atoms with E-state index < -0.39 is 5.97 Å². The first-order valence-electron chi connectivity index (χ1n) is 6.78. The maximum atomic E-state index is 10.7. The standard InChI is InChI=1S/C15H22O3S/c1-2-3-4-11-19-12-5-10-18-14-8-6-13(7-9-14)15(16)17/h6-9H,2-5,10-12H2,1H3,(H,16,17). The molecule has 19 heavy (non-hydrogen) atoms. The molecular weight excluding hydrogens is 260 g/mol. The highest BCUT2D eigenvalue weighted by molar-refractivity contribution is 7.99. The lowest BCUT2D eigenvalue weighted by Gasteiger charge is -2.06. The minimum Gasteiger partial charge on any atom is -0.494 e. The van der Waals surface area contributed by atoms with Crippen LogP contribution in [0, 0.1) is 0 Å². The van der Waals surface area contributed by atoms with Gasteiger partial charge in [-0.3, -0.25) is 0 Å². The molecule has 0 fully saturated rings. The van der Waals surface area contributed by atoms with Crippen LogP contribution >= 0.6 is 11.8 Å². The quantitative estimate of drug-likeness (QED) is 0.657. The monoisotopic (exact) mass is 282 g/mol. The lowest BCUT2D eigenvalue weighted by atomic mass is 10.2. The number of hydrogen-bond donors (Lipinski definition) is 1. The molecular formula is C15H22O3S. The highest BCUT2D eigenvalue weighted by Crippen LogP contribution is 2.13. The number of carboxylic acids is 1. The van der Waals surface area contributed by atoms with Crippen LogP contribution in [0.25, 0.3) is 0 Å². The van der Waals surface area contributed by atoms with E-state index in [1.807, 2.05) is 11.8 Å². The smallest absolute Gasteiger partial charge is 0.335 e. The Balaban J connectivity index is 2.07.